The molecule has 0 bridgehead atoms. The van der Waals surface area contributed by atoms with Crippen molar-refractivity contribution in [3.05, 3.63) is 0 Å². The Bertz CT molecular complexity index is 247. The van der Waals surface area contributed by atoms with Gasteiger partial charge in [-0.2, -0.15) is 0 Å². The van der Waals surface area contributed by atoms with Crippen LogP contribution in [-0.2, 0) is 9.09 Å². The van der Waals surface area contributed by atoms with E-state index < -0.39 is 13.9 Å². The maximum Gasteiger partial charge on any atom is 0.469 e. The third-order valence-corrected chi connectivity index (χ3v) is 2.77. The van der Waals surface area contributed by atoms with E-state index in [2.05, 4.69) is 4.52 Å². The van der Waals surface area contributed by atoms with Crippen molar-refractivity contribution in [2.24, 2.45) is 0 Å². The molecule has 0 saturated carbocycles. The van der Waals surface area contributed by atoms with Crippen LogP contribution in [0.5, 0.6) is 0 Å². The number of phosphoric ester groups is 1. The quantitative estimate of drug-likeness (QED) is 0.341. The van der Waals surface area contributed by atoms with Crippen molar-refractivity contribution in [2.75, 3.05) is 34.4 Å². The summed E-state index contributed by atoms with van der Waals surface area (Å²) in [5.74, 6) is 0. The molecule has 0 aliphatic carbocycles. The van der Waals surface area contributed by atoms with Gasteiger partial charge in [0, 0.05) is 6.42 Å². The van der Waals surface area contributed by atoms with Gasteiger partial charge in [-0.3, -0.25) is 4.52 Å². The summed E-state index contributed by atoms with van der Waals surface area (Å²) in [6.07, 6.45) is -0.706. The van der Waals surface area contributed by atoms with Gasteiger partial charge in [0.05, 0.1) is 33.9 Å². The van der Waals surface area contributed by atoms with Gasteiger partial charge < -0.3 is 24.5 Å². The van der Waals surface area contributed by atoms with Crippen LogP contribution in [-0.4, -0.2) is 71.0 Å². The molecule has 0 heterocycles. The van der Waals surface area contributed by atoms with Crippen LogP contribution in [0.25, 0.3) is 0 Å². The zero-order valence-corrected chi connectivity index (χ0v) is 10.7. The number of hydrogen-bond donors (Lipinski definition) is 4. The van der Waals surface area contributed by atoms with Gasteiger partial charge in [0.2, 0.25) is 0 Å². The maximum atomic E-state index is 10.6. The van der Waals surface area contributed by atoms with Crippen LogP contribution in [0.4, 0.5) is 0 Å². The lowest BCUT2D eigenvalue weighted by atomic mass is 10.1. The standard InChI is InChI=1S/C8H20NO6P/c1-9(2,3)7(4-8(11)5-10)6-15-16(12,13)14/h7-8,10-11H,4-6H2,1-3H3,(H-,12,13,14)/p+1. The van der Waals surface area contributed by atoms with Gasteiger partial charge in [0.1, 0.15) is 12.6 Å². The van der Waals surface area contributed by atoms with Crippen molar-refractivity contribution in [1.29, 1.82) is 0 Å². The third-order valence-electron chi connectivity index (χ3n) is 2.29. The molecule has 0 aromatic rings. The van der Waals surface area contributed by atoms with Crippen LogP contribution in [0, 0.1) is 0 Å². The second kappa shape index (κ2) is 6.07. The number of nitrogens with zero attached hydrogens (tertiary/aromatic N) is 1. The zero-order valence-electron chi connectivity index (χ0n) is 9.78. The van der Waals surface area contributed by atoms with Crippen molar-refractivity contribution in [1.82, 2.24) is 0 Å². The second-order valence-electron chi connectivity index (χ2n) is 4.63. The molecule has 0 aliphatic rings. The highest BCUT2D eigenvalue weighted by atomic mass is 31.2. The summed E-state index contributed by atoms with van der Waals surface area (Å²) in [6.45, 7) is -0.558. The molecule has 7 nitrogen and oxygen atoms in total. The van der Waals surface area contributed by atoms with E-state index in [1.54, 1.807) is 0 Å². The Balaban J connectivity index is 4.40. The molecule has 16 heavy (non-hydrogen) atoms. The first kappa shape index (κ1) is 16.0. The molecule has 0 rings (SSSR count). The van der Waals surface area contributed by atoms with Crippen LogP contribution in [0.1, 0.15) is 6.42 Å². The third kappa shape index (κ3) is 7.29. The van der Waals surface area contributed by atoms with Gasteiger partial charge >= 0.3 is 7.82 Å². The van der Waals surface area contributed by atoms with E-state index in [-0.39, 0.29) is 25.7 Å². The first-order valence-electron chi connectivity index (χ1n) is 4.86. The molecule has 0 saturated heterocycles. The Hall–Kier alpha value is -0.0100. The highest BCUT2D eigenvalue weighted by molar-refractivity contribution is 7.46. The molecule has 0 aromatic carbocycles. The topological polar surface area (TPSA) is 107 Å². The lowest BCUT2D eigenvalue weighted by Gasteiger charge is -2.34. The first-order valence-corrected chi connectivity index (χ1v) is 6.39. The molecular weight excluding hydrogens is 237 g/mol. The second-order valence-corrected chi connectivity index (χ2v) is 5.87. The summed E-state index contributed by atoms with van der Waals surface area (Å²) >= 11 is 0. The molecule has 4 N–H and O–H groups in total. The fraction of sp³-hybridized carbons (Fsp3) is 1.00. The van der Waals surface area contributed by atoms with E-state index in [9.17, 15) is 9.67 Å². The monoisotopic (exact) mass is 258 g/mol. The van der Waals surface area contributed by atoms with E-state index in [4.69, 9.17) is 14.9 Å². The van der Waals surface area contributed by atoms with Crippen LogP contribution in [0.15, 0.2) is 0 Å². The fourth-order valence-corrected chi connectivity index (χ4v) is 1.55. The number of hydrogen-bond acceptors (Lipinski definition) is 4. The SMILES string of the molecule is C[N+](C)(C)C(COP(=O)(O)O)CC(O)CO. The van der Waals surface area contributed by atoms with Crippen molar-refractivity contribution >= 4 is 7.82 Å². The fourth-order valence-electron chi connectivity index (χ4n) is 1.18. The number of rotatable bonds is 7. The van der Waals surface area contributed by atoms with Crippen LogP contribution < -0.4 is 0 Å². The lowest BCUT2D eigenvalue weighted by molar-refractivity contribution is -0.897. The Morgan fingerprint density at radius 1 is 1.31 bits per heavy atom. The molecule has 0 spiro atoms. The molecule has 0 radical (unpaired) electrons. The Labute approximate surface area is 95.1 Å². The van der Waals surface area contributed by atoms with Crippen molar-refractivity contribution in [2.45, 2.75) is 18.6 Å². The number of aliphatic hydroxyl groups excluding tert-OH is 2. The summed E-state index contributed by atoms with van der Waals surface area (Å²) in [7, 11) is 0.957. The first-order chi connectivity index (χ1) is 7.06. The van der Waals surface area contributed by atoms with Gasteiger partial charge in [-0.05, 0) is 0 Å². The number of likely N-dealkylation sites (N-methyl/N-ethyl adjacent to an activating group) is 1. The van der Waals surface area contributed by atoms with Crippen molar-refractivity contribution < 1.29 is 33.6 Å². The summed E-state index contributed by atoms with van der Waals surface area (Å²) in [5.41, 5.74) is 0. The van der Waals surface area contributed by atoms with Gasteiger partial charge in [-0.15, -0.1) is 0 Å². The molecule has 0 amide bonds. The lowest BCUT2D eigenvalue weighted by Crippen LogP contribution is -2.49. The van der Waals surface area contributed by atoms with Gasteiger partial charge in [0.25, 0.3) is 0 Å². The summed E-state index contributed by atoms with van der Waals surface area (Å²) in [6, 6.07) is -0.310. The minimum atomic E-state index is -4.50. The van der Waals surface area contributed by atoms with Crippen LogP contribution in [0.2, 0.25) is 0 Å². The summed E-state index contributed by atoms with van der Waals surface area (Å²) in [5, 5.41) is 18.0. The number of phosphoric acid groups is 1. The normalized spacial score (nSPS) is 17.2. The number of aliphatic hydroxyl groups is 2. The molecule has 2 atom stereocenters. The molecule has 8 heteroatoms. The van der Waals surface area contributed by atoms with E-state index >= 15 is 0 Å². The predicted molar refractivity (Wildman–Crippen MR) is 57.5 cm³/mol. The van der Waals surface area contributed by atoms with Gasteiger partial charge in [-0.25, -0.2) is 4.57 Å². The van der Waals surface area contributed by atoms with E-state index in [1.165, 1.54) is 0 Å². The predicted octanol–water partition coefficient (Wildman–Crippen LogP) is -1.09. The van der Waals surface area contributed by atoms with Gasteiger partial charge in [0.15, 0.2) is 0 Å². The molecule has 0 aromatic heterocycles. The largest absolute Gasteiger partial charge is 0.469 e. The van der Waals surface area contributed by atoms with E-state index in [0.29, 0.717) is 4.48 Å². The van der Waals surface area contributed by atoms with E-state index in [1.807, 2.05) is 21.1 Å². The molecular formula is C8H21NO6P+. The Morgan fingerprint density at radius 3 is 2.12 bits per heavy atom. The van der Waals surface area contributed by atoms with Gasteiger partial charge in [-0.1, -0.05) is 0 Å². The molecule has 98 valence electrons. The minimum Gasteiger partial charge on any atom is -0.394 e. The molecule has 0 aliphatic heterocycles. The average Bonchev–Trinajstić information content (AvgIpc) is 2.08. The Kier molecular flexibility index (Phi) is 6.06. The van der Waals surface area contributed by atoms with Crippen molar-refractivity contribution in [3.63, 3.8) is 0 Å². The number of quaternary nitrogens is 1. The van der Waals surface area contributed by atoms with E-state index in [0.717, 1.165) is 0 Å². The highest BCUT2D eigenvalue weighted by Gasteiger charge is 2.29. The smallest absolute Gasteiger partial charge is 0.394 e. The summed E-state index contributed by atoms with van der Waals surface area (Å²) < 4.78 is 15.4. The Morgan fingerprint density at radius 2 is 1.81 bits per heavy atom. The van der Waals surface area contributed by atoms with Crippen LogP contribution in [0.3, 0.4) is 0 Å². The zero-order chi connectivity index (χ0) is 13.0. The van der Waals surface area contributed by atoms with Crippen LogP contribution >= 0.6 is 7.82 Å². The summed E-state index contributed by atoms with van der Waals surface area (Å²) in [4.78, 5) is 17.2. The average molecular weight is 258 g/mol. The highest BCUT2D eigenvalue weighted by Crippen LogP contribution is 2.36. The molecule has 0 fully saturated rings. The van der Waals surface area contributed by atoms with Crippen molar-refractivity contribution in [3.8, 4) is 0 Å². The minimum absolute atomic E-state index is 0.176. The molecule has 2 unspecified atom stereocenters. The maximum absolute atomic E-state index is 10.6.